The summed E-state index contributed by atoms with van der Waals surface area (Å²) < 4.78 is 5.09. The summed E-state index contributed by atoms with van der Waals surface area (Å²) in [4.78, 5) is 26.6. The zero-order chi connectivity index (χ0) is 13.4. The van der Waals surface area contributed by atoms with Crippen molar-refractivity contribution in [2.45, 2.75) is 12.1 Å². The lowest BCUT2D eigenvalue weighted by Crippen LogP contribution is -2.48. The minimum Gasteiger partial charge on any atom is -0.497 e. The maximum absolute atomic E-state index is 11.5. The second-order valence-corrected chi connectivity index (χ2v) is 4.27. The number of rotatable bonds is 2. The Balaban J connectivity index is 1.93. The SMILES string of the molecule is COc1ccc([C@H]2NC(=O)N=C3NC(=O)N[C@H]32)cc1. The number of amidine groups is 1. The molecule has 1 aromatic rings. The van der Waals surface area contributed by atoms with Crippen molar-refractivity contribution in [3.63, 3.8) is 0 Å². The van der Waals surface area contributed by atoms with Crippen LogP contribution in [0.25, 0.3) is 0 Å². The largest absolute Gasteiger partial charge is 0.497 e. The molecule has 2 aliphatic rings. The number of methoxy groups -OCH3 is 1. The van der Waals surface area contributed by atoms with Gasteiger partial charge in [0.15, 0.2) is 0 Å². The van der Waals surface area contributed by atoms with Crippen LogP contribution in [0.15, 0.2) is 29.3 Å². The quantitative estimate of drug-likeness (QED) is 0.724. The van der Waals surface area contributed by atoms with Gasteiger partial charge in [0.05, 0.1) is 13.2 Å². The zero-order valence-electron chi connectivity index (χ0n) is 10.1. The van der Waals surface area contributed by atoms with Crippen molar-refractivity contribution in [3.8, 4) is 5.75 Å². The lowest BCUT2D eigenvalue weighted by atomic mass is 9.98. The maximum Gasteiger partial charge on any atom is 0.343 e. The molecule has 0 aliphatic carbocycles. The third-order valence-electron chi connectivity index (χ3n) is 3.13. The highest BCUT2D eigenvalue weighted by atomic mass is 16.5. The average Bonchev–Trinajstić information content (AvgIpc) is 2.78. The molecule has 19 heavy (non-hydrogen) atoms. The van der Waals surface area contributed by atoms with Gasteiger partial charge < -0.3 is 15.4 Å². The van der Waals surface area contributed by atoms with Crippen LogP contribution in [0.3, 0.4) is 0 Å². The fourth-order valence-electron chi connectivity index (χ4n) is 2.22. The zero-order valence-corrected chi connectivity index (χ0v) is 10.1. The van der Waals surface area contributed by atoms with E-state index in [2.05, 4.69) is 20.9 Å². The van der Waals surface area contributed by atoms with Gasteiger partial charge in [0.2, 0.25) is 0 Å². The minimum atomic E-state index is -0.462. The molecule has 7 heteroatoms. The number of ether oxygens (including phenoxy) is 1. The summed E-state index contributed by atoms with van der Waals surface area (Å²) in [6.45, 7) is 0. The number of urea groups is 2. The number of nitrogens with one attached hydrogen (secondary N) is 3. The lowest BCUT2D eigenvalue weighted by molar-refractivity contribution is 0.239. The number of fused-ring (bicyclic) bond motifs is 1. The van der Waals surface area contributed by atoms with E-state index >= 15 is 0 Å². The van der Waals surface area contributed by atoms with Gasteiger partial charge in [-0.3, -0.25) is 5.32 Å². The molecule has 3 rings (SSSR count). The monoisotopic (exact) mass is 260 g/mol. The van der Waals surface area contributed by atoms with Gasteiger partial charge in [-0.05, 0) is 17.7 Å². The van der Waals surface area contributed by atoms with Gasteiger partial charge in [-0.2, -0.15) is 4.99 Å². The van der Waals surface area contributed by atoms with E-state index in [0.717, 1.165) is 11.3 Å². The van der Waals surface area contributed by atoms with Crippen LogP contribution < -0.4 is 20.7 Å². The Morgan fingerprint density at radius 2 is 1.84 bits per heavy atom. The first-order valence-electron chi connectivity index (χ1n) is 5.78. The Hall–Kier alpha value is -2.57. The summed E-state index contributed by atoms with van der Waals surface area (Å²) in [5.74, 6) is 1.09. The smallest absolute Gasteiger partial charge is 0.343 e. The van der Waals surface area contributed by atoms with Crippen LogP contribution >= 0.6 is 0 Å². The van der Waals surface area contributed by atoms with Gasteiger partial charge in [-0.1, -0.05) is 12.1 Å². The van der Waals surface area contributed by atoms with Crippen molar-refractivity contribution in [1.82, 2.24) is 16.0 Å². The number of amides is 4. The van der Waals surface area contributed by atoms with E-state index in [1.807, 2.05) is 12.1 Å². The second kappa shape index (κ2) is 4.27. The predicted octanol–water partition coefficient (Wildman–Crippen LogP) is 0.539. The van der Waals surface area contributed by atoms with Crippen LogP contribution in [-0.4, -0.2) is 31.0 Å². The fourth-order valence-corrected chi connectivity index (χ4v) is 2.22. The Labute approximate surface area is 109 Å². The highest BCUT2D eigenvalue weighted by Gasteiger charge is 2.39. The van der Waals surface area contributed by atoms with Crippen molar-refractivity contribution in [1.29, 1.82) is 0 Å². The molecule has 1 aromatic carbocycles. The number of nitrogens with zero attached hydrogens (tertiary/aromatic N) is 1. The van der Waals surface area contributed by atoms with E-state index in [0.29, 0.717) is 5.84 Å². The van der Waals surface area contributed by atoms with Crippen molar-refractivity contribution >= 4 is 17.9 Å². The summed E-state index contributed by atoms with van der Waals surface area (Å²) in [5.41, 5.74) is 0.871. The molecule has 0 radical (unpaired) electrons. The Morgan fingerprint density at radius 1 is 1.11 bits per heavy atom. The Kier molecular flexibility index (Phi) is 2.59. The molecule has 4 amide bonds. The van der Waals surface area contributed by atoms with Crippen molar-refractivity contribution in [3.05, 3.63) is 29.8 Å². The maximum atomic E-state index is 11.5. The van der Waals surface area contributed by atoms with Crippen LogP contribution in [0.2, 0.25) is 0 Å². The topological polar surface area (TPSA) is 91.8 Å². The van der Waals surface area contributed by atoms with Crippen LogP contribution in [0.4, 0.5) is 9.59 Å². The molecule has 2 atom stereocenters. The number of aliphatic imine (C=N–C) groups is 1. The molecule has 3 N–H and O–H groups in total. The van der Waals surface area contributed by atoms with E-state index in [4.69, 9.17) is 4.74 Å². The molecule has 2 heterocycles. The van der Waals surface area contributed by atoms with Gasteiger partial charge in [-0.15, -0.1) is 0 Å². The molecule has 2 aliphatic heterocycles. The molecule has 0 unspecified atom stereocenters. The van der Waals surface area contributed by atoms with E-state index < -0.39 is 6.03 Å². The standard InChI is InChI=1S/C12H12N4O3/c1-19-7-4-2-6(3-5-7)8-9-10(15-11(17)13-8)16-12(18)14-9/h2-5,8-9H,1H3,(H3,13,14,15,16,17,18)/t8-,9+/m1/s1. The first kappa shape index (κ1) is 11.5. The molecule has 0 bridgehead atoms. The lowest BCUT2D eigenvalue weighted by Gasteiger charge is -2.27. The Morgan fingerprint density at radius 3 is 2.53 bits per heavy atom. The number of hydrogen-bond acceptors (Lipinski definition) is 3. The van der Waals surface area contributed by atoms with Crippen molar-refractivity contribution in [2.24, 2.45) is 4.99 Å². The summed E-state index contributed by atoms with van der Waals surface area (Å²) in [7, 11) is 1.59. The van der Waals surface area contributed by atoms with E-state index in [1.165, 1.54) is 0 Å². The third kappa shape index (κ3) is 1.99. The van der Waals surface area contributed by atoms with Gasteiger partial charge in [0.1, 0.15) is 17.6 Å². The van der Waals surface area contributed by atoms with E-state index in [9.17, 15) is 9.59 Å². The van der Waals surface area contributed by atoms with Crippen LogP contribution in [0.1, 0.15) is 11.6 Å². The first-order chi connectivity index (χ1) is 9.17. The molecule has 7 nitrogen and oxygen atoms in total. The molecule has 98 valence electrons. The van der Waals surface area contributed by atoms with Crippen LogP contribution in [-0.2, 0) is 0 Å². The van der Waals surface area contributed by atoms with Gasteiger partial charge in [0.25, 0.3) is 0 Å². The summed E-state index contributed by atoms with van der Waals surface area (Å²) in [5, 5.41) is 7.99. The van der Waals surface area contributed by atoms with Crippen LogP contribution in [0, 0.1) is 0 Å². The highest BCUT2D eigenvalue weighted by Crippen LogP contribution is 2.24. The molecule has 1 fully saturated rings. The molecule has 0 spiro atoms. The van der Waals surface area contributed by atoms with E-state index in [-0.39, 0.29) is 18.1 Å². The minimum absolute atomic E-state index is 0.343. The number of carbonyl (C=O) groups excluding carboxylic acids is 2. The highest BCUT2D eigenvalue weighted by molar-refractivity contribution is 6.12. The predicted molar refractivity (Wildman–Crippen MR) is 67.2 cm³/mol. The number of carbonyl (C=O) groups is 2. The molecule has 0 saturated carbocycles. The average molecular weight is 260 g/mol. The third-order valence-corrected chi connectivity index (χ3v) is 3.13. The van der Waals surface area contributed by atoms with E-state index in [1.54, 1.807) is 19.2 Å². The van der Waals surface area contributed by atoms with Crippen molar-refractivity contribution < 1.29 is 14.3 Å². The van der Waals surface area contributed by atoms with Crippen molar-refractivity contribution in [2.75, 3.05) is 7.11 Å². The Bertz CT molecular complexity index is 567. The first-order valence-corrected chi connectivity index (χ1v) is 5.78. The summed E-state index contributed by atoms with van der Waals surface area (Å²) >= 11 is 0. The number of benzene rings is 1. The number of hydrogen-bond donors (Lipinski definition) is 3. The van der Waals surface area contributed by atoms with Gasteiger partial charge >= 0.3 is 12.1 Å². The fraction of sp³-hybridized carbons (Fsp3) is 0.250. The van der Waals surface area contributed by atoms with Gasteiger partial charge in [0, 0.05) is 0 Å². The van der Waals surface area contributed by atoms with Crippen LogP contribution in [0.5, 0.6) is 5.75 Å². The molecular formula is C12H12N4O3. The van der Waals surface area contributed by atoms with Gasteiger partial charge in [-0.25, -0.2) is 9.59 Å². The molecular weight excluding hydrogens is 248 g/mol. The summed E-state index contributed by atoms with van der Waals surface area (Å²) in [6, 6.07) is 5.78. The summed E-state index contributed by atoms with van der Waals surface area (Å²) in [6.07, 6.45) is 0. The normalized spacial score (nSPS) is 24.8. The second-order valence-electron chi connectivity index (χ2n) is 4.27. The molecule has 0 aromatic heterocycles. The molecule has 1 saturated heterocycles.